The highest BCUT2D eigenvalue weighted by Gasteiger charge is 2.33. The Morgan fingerprint density at radius 3 is 2.46 bits per heavy atom. The van der Waals surface area contributed by atoms with E-state index in [4.69, 9.17) is 9.47 Å². The summed E-state index contributed by atoms with van der Waals surface area (Å²) < 4.78 is 51.2. The smallest absolute Gasteiger partial charge is 0.396 e. The van der Waals surface area contributed by atoms with Gasteiger partial charge in [0.2, 0.25) is 0 Å². The van der Waals surface area contributed by atoms with Crippen LogP contribution >= 0.6 is 0 Å². The molecule has 35 heavy (non-hydrogen) atoms. The summed E-state index contributed by atoms with van der Waals surface area (Å²) in [7, 11) is 1.55. The Morgan fingerprint density at radius 2 is 1.83 bits per heavy atom. The quantitative estimate of drug-likeness (QED) is 0.301. The van der Waals surface area contributed by atoms with Gasteiger partial charge >= 0.3 is 6.18 Å². The molecule has 2 unspecified atom stereocenters. The van der Waals surface area contributed by atoms with Crippen LogP contribution in [-0.4, -0.2) is 50.6 Å². The molecule has 2 rings (SSSR count). The normalized spacial score (nSPS) is 22.7. The first kappa shape index (κ1) is 29.3. The molecule has 0 aromatic carbocycles. The molecule has 2 atom stereocenters. The monoisotopic (exact) mass is 496 g/mol. The summed E-state index contributed by atoms with van der Waals surface area (Å²) in [6.45, 7) is 6.93. The molecule has 0 aromatic rings. The molecular weight excluding hydrogens is 457 g/mol. The number of halogens is 3. The third-order valence-electron chi connectivity index (χ3n) is 6.55. The number of ketones is 1. The van der Waals surface area contributed by atoms with Gasteiger partial charge in [-0.25, -0.2) is 0 Å². The average Bonchev–Trinajstić information content (AvgIpc) is 3.01. The lowest BCUT2D eigenvalue weighted by Gasteiger charge is -2.24. The number of aliphatic hydroxyl groups excluding tert-OH is 1. The van der Waals surface area contributed by atoms with E-state index >= 15 is 0 Å². The van der Waals surface area contributed by atoms with Gasteiger partial charge in [0.1, 0.15) is 0 Å². The fourth-order valence-electron chi connectivity index (χ4n) is 4.32. The van der Waals surface area contributed by atoms with Crippen LogP contribution in [0.15, 0.2) is 58.2 Å². The molecule has 0 fully saturated rings. The van der Waals surface area contributed by atoms with Gasteiger partial charge in [0.05, 0.1) is 25.4 Å². The number of alkyl halides is 3. The Hall–Kier alpha value is -1.96. The van der Waals surface area contributed by atoms with Gasteiger partial charge in [0.25, 0.3) is 0 Å². The Bertz CT molecular complexity index is 875. The number of hydrogen-bond acceptors (Lipinski definition) is 4. The lowest BCUT2D eigenvalue weighted by atomic mass is 9.80. The van der Waals surface area contributed by atoms with Gasteiger partial charge in [-0.2, -0.15) is 13.2 Å². The Balaban J connectivity index is 2.54. The van der Waals surface area contributed by atoms with Crippen LogP contribution in [0, 0.1) is 17.8 Å². The molecule has 7 heteroatoms. The van der Waals surface area contributed by atoms with Gasteiger partial charge in [0.15, 0.2) is 5.78 Å². The SMILES string of the molecule is COCCOCC1=C(C2=CCC(C)CC=C(C(C)C)CC(CCO)C2=O)C=CC(C(F)(F)F)=CC1. The Morgan fingerprint density at radius 1 is 1.11 bits per heavy atom. The maximum absolute atomic E-state index is 13.9. The second-order valence-corrected chi connectivity index (χ2v) is 9.66. The van der Waals surface area contributed by atoms with Crippen molar-refractivity contribution >= 4 is 5.78 Å². The highest BCUT2D eigenvalue weighted by Crippen LogP contribution is 2.35. The van der Waals surface area contributed by atoms with E-state index in [1.807, 2.05) is 6.08 Å². The standard InChI is InChI=1S/C28H39F3O4/c1-19(2)21-7-5-20(3)6-11-26(27(33)22(17-21)13-14-32)25-12-10-24(28(29,30)31)9-8-23(25)18-35-16-15-34-4/h7,9-12,19-20,22,32H,5-6,8,13-18H2,1-4H3. The van der Waals surface area contributed by atoms with E-state index in [1.165, 1.54) is 11.6 Å². The minimum atomic E-state index is -4.48. The fourth-order valence-corrected chi connectivity index (χ4v) is 4.32. The maximum Gasteiger partial charge on any atom is 0.416 e. The van der Waals surface area contributed by atoms with Crippen LogP contribution in [0.1, 0.15) is 52.9 Å². The number of aliphatic hydroxyl groups is 1. The summed E-state index contributed by atoms with van der Waals surface area (Å²) in [6, 6.07) is 0. The van der Waals surface area contributed by atoms with Gasteiger partial charge in [0, 0.05) is 25.2 Å². The molecule has 196 valence electrons. The number of hydrogen-bond donors (Lipinski definition) is 1. The number of allylic oxidation sites excluding steroid dienone is 9. The van der Waals surface area contributed by atoms with Crippen molar-refractivity contribution < 1.29 is 32.5 Å². The molecule has 0 saturated carbocycles. The van der Waals surface area contributed by atoms with Crippen LogP contribution in [0.2, 0.25) is 0 Å². The van der Waals surface area contributed by atoms with Crippen molar-refractivity contribution in [1.82, 2.24) is 0 Å². The first-order valence-corrected chi connectivity index (χ1v) is 12.4. The summed E-state index contributed by atoms with van der Waals surface area (Å²) in [4.78, 5) is 13.9. The topological polar surface area (TPSA) is 55.8 Å². The Labute approximate surface area is 207 Å². The van der Waals surface area contributed by atoms with Crippen LogP contribution in [-0.2, 0) is 14.3 Å². The molecule has 0 spiro atoms. The molecular formula is C28H39F3O4. The lowest BCUT2D eigenvalue weighted by molar-refractivity contribution is -0.119. The molecule has 0 radical (unpaired) electrons. The van der Waals surface area contributed by atoms with E-state index in [9.17, 15) is 23.1 Å². The highest BCUT2D eigenvalue weighted by atomic mass is 19.4. The summed E-state index contributed by atoms with van der Waals surface area (Å²) in [6.07, 6.45) is 5.58. The van der Waals surface area contributed by atoms with Crippen molar-refractivity contribution in [1.29, 1.82) is 0 Å². The molecule has 2 aliphatic rings. The van der Waals surface area contributed by atoms with Crippen molar-refractivity contribution in [3.05, 3.63) is 58.2 Å². The van der Waals surface area contributed by atoms with Crippen LogP contribution in [0.3, 0.4) is 0 Å². The molecule has 1 N–H and O–H groups in total. The fraction of sp³-hybridized carbons (Fsp3) is 0.607. The summed E-state index contributed by atoms with van der Waals surface area (Å²) in [5.74, 6) is -0.0303. The van der Waals surface area contributed by atoms with Crippen LogP contribution in [0.5, 0.6) is 0 Å². The molecule has 0 bridgehead atoms. The van der Waals surface area contributed by atoms with Crippen LogP contribution in [0.25, 0.3) is 0 Å². The van der Waals surface area contributed by atoms with Crippen molar-refractivity contribution in [2.75, 3.05) is 33.5 Å². The Kier molecular flexibility index (Phi) is 11.7. The number of carbonyl (C=O) groups excluding carboxylic acids is 1. The first-order chi connectivity index (χ1) is 16.6. The minimum Gasteiger partial charge on any atom is -0.396 e. The summed E-state index contributed by atoms with van der Waals surface area (Å²) >= 11 is 0. The van der Waals surface area contributed by atoms with Gasteiger partial charge in [-0.1, -0.05) is 50.6 Å². The predicted octanol–water partition coefficient (Wildman–Crippen LogP) is 6.29. The zero-order valence-electron chi connectivity index (χ0n) is 21.3. The van der Waals surface area contributed by atoms with Crippen LogP contribution < -0.4 is 0 Å². The van der Waals surface area contributed by atoms with Crippen molar-refractivity contribution in [2.45, 2.75) is 59.1 Å². The highest BCUT2D eigenvalue weighted by molar-refractivity contribution is 6.02. The second kappa shape index (κ2) is 14.0. The number of carbonyl (C=O) groups is 1. The van der Waals surface area contributed by atoms with Gasteiger partial charge < -0.3 is 14.6 Å². The second-order valence-electron chi connectivity index (χ2n) is 9.66. The molecule has 4 nitrogen and oxygen atoms in total. The zero-order valence-corrected chi connectivity index (χ0v) is 21.3. The third-order valence-corrected chi connectivity index (χ3v) is 6.55. The van der Waals surface area contributed by atoms with Crippen LogP contribution in [0.4, 0.5) is 13.2 Å². The third kappa shape index (κ3) is 8.89. The average molecular weight is 497 g/mol. The zero-order chi connectivity index (χ0) is 26.0. The van der Waals surface area contributed by atoms with Gasteiger partial charge in [-0.05, 0) is 61.2 Å². The summed E-state index contributed by atoms with van der Waals surface area (Å²) in [5.41, 5.74) is 2.00. The molecule has 0 aliphatic heterocycles. The first-order valence-electron chi connectivity index (χ1n) is 12.4. The van der Waals surface area contributed by atoms with Crippen molar-refractivity contribution in [2.24, 2.45) is 17.8 Å². The van der Waals surface area contributed by atoms with E-state index in [-0.39, 0.29) is 37.3 Å². The van der Waals surface area contributed by atoms with E-state index < -0.39 is 17.7 Å². The molecule has 0 saturated heterocycles. The molecule has 0 heterocycles. The van der Waals surface area contributed by atoms with E-state index in [0.717, 1.165) is 18.6 Å². The van der Waals surface area contributed by atoms with E-state index in [1.54, 1.807) is 7.11 Å². The van der Waals surface area contributed by atoms with Crippen molar-refractivity contribution in [3.63, 3.8) is 0 Å². The number of Topliss-reactive ketones (excluding diaryl/α,β-unsaturated/α-hetero) is 1. The lowest BCUT2D eigenvalue weighted by Crippen LogP contribution is -2.22. The van der Waals surface area contributed by atoms with Gasteiger partial charge in [-0.15, -0.1) is 0 Å². The van der Waals surface area contributed by atoms with Crippen molar-refractivity contribution in [3.8, 4) is 0 Å². The number of rotatable bonds is 9. The summed E-state index contributed by atoms with van der Waals surface area (Å²) in [5, 5.41) is 9.69. The van der Waals surface area contributed by atoms with Gasteiger partial charge in [-0.3, -0.25) is 4.79 Å². The predicted molar refractivity (Wildman–Crippen MR) is 132 cm³/mol. The number of ether oxygens (including phenoxy) is 2. The van der Waals surface area contributed by atoms with E-state index in [2.05, 4.69) is 26.8 Å². The van der Waals surface area contributed by atoms with E-state index in [0.29, 0.717) is 49.2 Å². The molecule has 0 amide bonds. The number of methoxy groups -OCH3 is 1. The molecule has 0 aromatic heterocycles. The minimum absolute atomic E-state index is 0.0339. The largest absolute Gasteiger partial charge is 0.416 e. The maximum atomic E-state index is 13.9. The molecule has 2 aliphatic carbocycles.